The summed E-state index contributed by atoms with van der Waals surface area (Å²) in [6.45, 7) is 1.99. The van der Waals surface area contributed by atoms with E-state index in [4.69, 9.17) is 4.74 Å². The average Bonchev–Trinajstić information content (AvgIpc) is 3.05. The largest absolute Gasteiger partial charge is 0.462 e. The third-order valence-corrected chi connectivity index (χ3v) is 6.13. The van der Waals surface area contributed by atoms with Crippen molar-refractivity contribution in [2.24, 2.45) is 0 Å². The molecule has 0 saturated carbocycles. The first-order valence-electron chi connectivity index (χ1n) is 8.32. The van der Waals surface area contributed by atoms with E-state index < -0.39 is 17.2 Å². The molecule has 0 aliphatic carbocycles. The lowest BCUT2D eigenvalue weighted by atomic mass is 10.2. The number of carbonyl (C=O) groups excluding carboxylic acids is 2. The SMILES string of the molecule is CCOC(=O)c1ccc(NC(=O)CSc2sc3c(=O)[nH]c(=O)[nH]c3c2C#N)cc1. The smallest absolute Gasteiger partial charge is 0.338 e. The molecule has 2 heterocycles. The van der Waals surface area contributed by atoms with Crippen molar-refractivity contribution < 1.29 is 14.3 Å². The molecular weight excluding hydrogens is 416 g/mol. The first-order valence-corrected chi connectivity index (χ1v) is 10.1. The van der Waals surface area contributed by atoms with Crippen LogP contribution in [0.4, 0.5) is 5.69 Å². The van der Waals surface area contributed by atoms with Gasteiger partial charge >= 0.3 is 11.7 Å². The van der Waals surface area contributed by atoms with Crippen LogP contribution in [0.1, 0.15) is 22.8 Å². The van der Waals surface area contributed by atoms with Crippen LogP contribution in [0.15, 0.2) is 38.1 Å². The number of fused-ring (bicyclic) bond motifs is 1. The topological polar surface area (TPSA) is 145 Å². The van der Waals surface area contributed by atoms with E-state index in [0.29, 0.717) is 15.5 Å². The molecule has 9 nitrogen and oxygen atoms in total. The maximum absolute atomic E-state index is 12.2. The molecule has 0 saturated heterocycles. The second-order valence-electron chi connectivity index (χ2n) is 5.62. The fourth-order valence-corrected chi connectivity index (χ4v) is 4.55. The maximum atomic E-state index is 12.2. The Morgan fingerprint density at radius 3 is 2.62 bits per heavy atom. The van der Waals surface area contributed by atoms with E-state index >= 15 is 0 Å². The van der Waals surface area contributed by atoms with Crippen LogP contribution in [0.25, 0.3) is 10.2 Å². The van der Waals surface area contributed by atoms with Crippen LogP contribution in [0.3, 0.4) is 0 Å². The summed E-state index contributed by atoms with van der Waals surface area (Å²) < 4.78 is 5.58. The van der Waals surface area contributed by atoms with Crippen molar-refractivity contribution in [2.45, 2.75) is 11.1 Å². The highest BCUT2D eigenvalue weighted by Crippen LogP contribution is 2.34. The van der Waals surface area contributed by atoms with Crippen LogP contribution in [0, 0.1) is 11.3 Å². The average molecular weight is 430 g/mol. The molecule has 148 valence electrons. The predicted octanol–water partition coefficient (Wildman–Crippen LogP) is 2.06. The minimum absolute atomic E-state index is 0.0106. The summed E-state index contributed by atoms with van der Waals surface area (Å²) in [6.07, 6.45) is 0. The Balaban J connectivity index is 1.69. The minimum atomic E-state index is -0.697. The minimum Gasteiger partial charge on any atom is -0.462 e. The second kappa shape index (κ2) is 8.76. The summed E-state index contributed by atoms with van der Waals surface area (Å²) in [7, 11) is 0. The van der Waals surface area contributed by atoms with Crippen LogP contribution < -0.4 is 16.6 Å². The molecular formula is C18H14N4O5S2. The fourth-order valence-electron chi connectivity index (χ4n) is 2.43. The summed E-state index contributed by atoms with van der Waals surface area (Å²) >= 11 is 2.13. The number of aromatic nitrogens is 2. The number of ether oxygens (including phenoxy) is 1. The van der Waals surface area contributed by atoms with Crippen molar-refractivity contribution in [3.63, 3.8) is 0 Å². The standard InChI is InChI=1S/C18H14N4O5S2/c1-2-27-16(25)9-3-5-10(6-4-9)20-12(23)8-28-17-11(7-19)13-14(29-17)15(24)22-18(26)21-13/h3-6H,2,8H2,1H3,(H,20,23)(H2,21,22,24,26). The van der Waals surface area contributed by atoms with Gasteiger partial charge < -0.3 is 15.0 Å². The van der Waals surface area contributed by atoms with Crippen molar-refractivity contribution in [3.05, 3.63) is 56.2 Å². The lowest BCUT2D eigenvalue weighted by Gasteiger charge is -2.06. The van der Waals surface area contributed by atoms with E-state index in [2.05, 4.69) is 15.3 Å². The quantitative estimate of drug-likeness (QED) is 0.401. The number of nitriles is 1. The molecule has 29 heavy (non-hydrogen) atoms. The molecule has 3 N–H and O–H groups in total. The zero-order chi connectivity index (χ0) is 21.0. The second-order valence-corrected chi connectivity index (χ2v) is 7.89. The molecule has 0 radical (unpaired) electrons. The Labute approximate surface area is 171 Å². The van der Waals surface area contributed by atoms with Gasteiger partial charge in [0.05, 0.1) is 27.6 Å². The highest BCUT2D eigenvalue weighted by molar-refractivity contribution is 8.02. The number of hydrogen-bond donors (Lipinski definition) is 3. The van der Waals surface area contributed by atoms with E-state index in [-0.39, 0.29) is 34.0 Å². The van der Waals surface area contributed by atoms with Gasteiger partial charge in [-0.2, -0.15) is 5.26 Å². The third kappa shape index (κ3) is 4.56. The monoisotopic (exact) mass is 430 g/mol. The molecule has 1 amide bonds. The molecule has 0 atom stereocenters. The van der Waals surface area contributed by atoms with Gasteiger partial charge in [0.1, 0.15) is 16.3 Å². The van der Waals surface area contributed by atoms with E-state index in [1.807, 2.05) is 6.07 Å². The number of esters is 1. The summed E-state index contributed by atoms with van der Waals surface area (Å²) in [5.74, 6) is -0.783. The molecule has 0 unspecified atom stereocenters. The van der Waals surface area contributed by atoms with Crippen molar-refractivity contribution in [3.8, 4) is 6.07 Å². The number of amides is 1. The number of thioether (sulfide) groups is 1. The number of nitrogens with one attached hydrogen (secondary N) is 3. The van der Waals surface area contributed by atoms with E-state index in [1.165, 1.54) is 0 Å². The number of thiophene rings is 1. The number of hydrogen-bond acceptors (Lipinski definition) is 8. The number of carbonyl (C=O) groups is 2. The first-order chi connectivity index (χ1) is 13.9. The van der Waals surface area contributed by atoms with Gasteiger partial charge in [0.25, 0.3) is 5.56 Å². The Hall–Kier alpha value is -3.36. The van der Waals surface area contributed by atoms with Crippen LogP contribution >= 0.6 is 23.1 Å². The van der Waals surface area contributed by atoms with Crippen molar-refractivity contribution in [2.75, 3.05) is 17.7 Å². The normalized spacial score (nSPS) is 10.5. The van der Waals surface area contributed by atoms with Crippen molar-refractivity contribution in [1.82, 2.24) is 9.97 Å². The zero-order valence-electron chi connectivity index (χ0n) is 15.0. The highest BCUT2D eigenvalue weighted by Gasteiger charge is 2.17. The Morgan fingerprint density at radius 2 is 1.97 bits per heavy atom. The van der Waals surface area contributed by atoms with Crippen LogP contribution in [-0.2, 0) is 9.53 Å². The number of aromatic amines is 2. The van der Waals surface area contributed by atoms with Gasteiger partial charge in [-0.25, -0.2) is 9.59 Å². The van der Waals surface area contributed by atoms with Crippen LogP contribution in [0.2, 0.25) is 0 Å². The van der Waals surface area contributed by atoms with E-state index in [0.717, 1.165) is 23.1 Å². The summed E-state index contributed by atoms with van der Waals surface area (Å²) in [6, 6.07) is 8.22. The molecule has 3 rings (SSSR count). The highest BCUT2D eigenvalue weighted by atomic mass is 32.2. The van der Waals surface area contributed by atoms with Gasteiger partial charge in [-0.3, -0.25) is 14.6 Å². The zero-order valence-corrected chi connectivity index (χ0v) is 16.7. The molecule has 0 bridgehead atoms. The van der Waals surface area contributed by atoms with Crippen molar-refractivity contribution >= 4 is 50.9 Å². The lowest BCUT2D eigenvalue weighted by Crippen LogP contribution is -2.20. The molecule has 1 aromatic carbocycles. The summed E-state index contributed by atoms with van der Waals surface area (Å²) in [4.78, 5) is 51.7. The van der Waals surface area contributed by atoms with Gasteiger partial charge in [0.2, 0.25) is 5.91 Å². The van der Waals surface area contributed by atoms with E-state index in [1.54, 1.807) is 31.2 Å². The predicted molar refractivity (Wildman–Crippen MR) is 110 cm³/mol. The van der Waals surface area contributed by atoms with Crippen LogP contribution in [0.5, 0.6) is 0 Å². The molecule has 11 heteroatoms. The fraction of sp³-hybridized carbons (Fsp3) is 0.167. The van der Waals surface area contributed by atoms with Gasteiger partial charge in [-0.15, -0.1) is 23.1 Å². The van der Waals surface area contributed by atoms with Gasteiger partial charge in [0.15, 0.2) is 0 Å². The molecule has 0 aliphatic heterocycles. The molecule has 0 spiro atoms. The molecule has 3 aromatic rings. The Bertz CT molecular complexity index is 1230. The molecule has 0 aliphatic rings. The molecule has 2 aromatic heterocycles. The van der Waals surface area contributed by atoms with E-state index in [9.17, 15) is 24.4 Å². The van der Waals surface area contributed by atoms with Gasteiger partial charge in [-0.05, 0) is 31.2 Å². The number of anilines is 1. The number of H-pyrrole nitrogens is 2. The molecule has 0 fully saturated rings. The number of rotatable bonds is 6. The van der Waals surface area contributed by atoms with Gasteiger partial charge in [-0.1, -0.05) is 0 Å². The summed E-state index contributed by atoms with van der Waals surface area (Å²) in [5, 5.41) is 12.1. The van der Waals surface area contributed by atoms with Gasteiger partial charge in [0, 0.05) is 5.69 Å². The Morgan fingerprint density at radius 1 is 1.24 bits per heavy atom. The number of nitrogens with zero attached hydrogens (tertiary/aromatic N) is 1. The Kier molecular flexibility index (Phi) is 6.16. The summed E-state index contributed by atoms with van der Waals surface area (Å²) in [5.41, 5.74) is -0.0715. The van der Waals surface area contributed by atoms with Crippen LogP contribution in [-0.4, -0.2) is 34.2 Å². The number of benzene rings is 1. The van der Waals surface area contributed by atoms with Crippen molar-refractivity contribution in [1.29, 1.82) is 5.26 Å². The third-order valence-electron chi connectivity index (χ3n) is 3.67. The first kappa shape index (κ1) is 20.4. The lowest BCUT2D eigenvalue weighted by molar-refractivity contribution is -0.113. The maximum Gasteiger partial charge on any atom is 0.338 e.